The van der Waals surface area contributed by atoms with Gasteiger partial charge in [0.25, 0.3) is 5.91 Å². The topological polar surface area (TPSA) is 133 Å². The minimum atomic E-state index is -3.88. The van der Waals surface area contributed by atoms with Crippen LogP contribution < -0.4 is 24.3 Å². The van der Waals surface area contributed by atoms with E-state index in [0.717, 1.165) is 0 Å². The summed E-state index contributed by atoms with van der Waals surface area (Å²) in [6, 6.07) is 9.21. The largest absolute Gasteiger partial charge is 0.495 e. The molecule has 12 heteroatoms. The molecular formula is C22H26N2O9S. The Balaban J connectivity index is 1.36. The molecule has 2 N–H and O–H groups in total. The zero-order chi connectivity index (χ0) is 24.1. The van der Waals surface area contributed by atoms with Crippen LogP contribution in [-0.2, 0) is 14.8 Å². The van der Waals surface area contributed by atoms with E-state index in [1.54, 1.807) is 18.2 Å². The highest BCUT2D eigenvalue weighted by Gasteiger charge is 2.30. The maximum atomic E-state index is 13.1. The van der Waals surface area contributed by atoms with Crippen molar-refractivity contribution in [1.82, 2.24) is 9.62 Å². The number of amides is 1. The van der Waals surface area contributed by atoms with E-state index in [0.29, 0.717) is 30.5 Å². The SMILES string of the molecule is COc1ccc(C(=O)NCC(O)COc2ccc3c(c2)OCO3)cc1S(=O)(=O)N1CCOCC1. The van der Waals surface area contributed by atoms with Crippen molar-refractivity contribution in [3.8, 4) is 23.0 Å². The molecule has 2 aromatic carbocycles. The highest BCUT2D eigenvalue weighted by molar-refractivity contribution is 7.89. The number of aliphatic hydroxyl groups excluding tert-OH is 1. The number of ether oxygens (including phenoxy) is 5. The van der Waals surface area contributed by atoms with E-state index in [4.69, 9.17) is 23.7 Å². The number of morpholine rings is 1. The van der Waals surface area contributed by atoms with E-state index >= 15 is 0 Å². The predicted molar refractivity (Wildman–Crippen MR) is 119 cm³/mol. The first-order valence-corrected chi connectivity index (χ1v) is 12.1. The molecular weight excluding hydrogens is 468 g/mol. The number of benzene rings is 2. The van der Waals surface area contributed by atoms with Crippen LogP contribution in [0.15, 0.2) is 41.3 Å². The Bertz CT molecular complexity index is 1130. The lowest BCUT2D eigenvalue weighted by molar-refractivity contribution is 0.0729. The smallest absolute Gasteiger partial charge is 0.251 e. The summed E-state index contributed by atoms with van der Waals surface area (Å²) in [6.45, 7) is 1.02. The van der Waals surface area contributed by atoms with Crippen LogP contribution in [0.25, 0.3) is 0 Å². The Morgan fingerprint density at radius 3 is 2.68 bits per heavy atom. The number of nitrogens with zero attached hydrogens (tertiary/aromatic N) is 1. The molecule has 11 nitrogen and oxygen atoms in total. The number of carbonyl (C=O) groups excluding carboxylic acids is 1. The van der Waals surface area contributed by atoms with Gasteiger partial charge in [0.05, 0.1) is 20.3 Å². The van der Waals surface area contributed by atoms with Gasteiger partial charge in [0.15, 0.2) is 11.5 Å². The van der Waals surface area contributed by atoms with Crippen LogP contribution in [0, 0.1) is 0 Å². The van der Waals surface area contributed by atoms with Gasteiger partial charge in [0, 0.05) is 31.3 Å². The second kappa shape index (κ2) is 10.5. The zero-order valence-electron chi connectivity index (χ0n) is 18.6. The van der Waals surface area contributed by atoms with Gasteiger partial charge in [-0.3, -0.25) is 4.79 Å². The third kappa shape index (κ3) is 5.36. The molecule has 0 aromatic heterocycles. The van der Waals surface area contributed by atoms with E-state index in [9.17, 15) is 18.3 Å². The quantitative estimate of drug-likeness (QED) is 0.515. The Morgan fingerprint density at radius 1 is 1.15 bits per heavy atom. The molecule has 34 heavy (non-hydrogen) atoms. The van der Waals surface area contributed by atoms with E-state index < -0.39 is 22.0 Å². The van der Waals surface area contributed by atoms with Gasteiger partial charge in [-0.2, -0.15) is 4.31 Å². The number of carbonyl (C=O) groups is 1. The highest BCUT2D eigenvalue weighted by Crippen LogP contribution is 2.35. The van der Waals surface area contributed by atoms with Gasteiger partial charge < -0.3 is 34.1 Å². The van der Waals surface area contributed by atoms with Crippen LogP contribution >= 0.6 is 0 Å². The summed E-state index contributed by atoms with van der Waals surface area (Å²) >= 11 is 0. The summed E-state index contributed by atoms with van der Waals surface area (Å²) in [5.74, 6) is 1.27. The van der Waals surface area contributed by atoms with Crippen molar-refractivity contribution < 1.29 is 42.0 Å². The number of hydrogen-bond donors (Lipinski definition) is 2. The average molecular weight is 495 g/mol. The summed E-state index contributed by atoms with van der Waals surface area (Å²) < 4.78 is 54.0. The van der Waals surface area contributed by atoms with Crippen molar-refractivity contribution >= 4 is 15.9 Å². The van der Waals surface area contributed by atoms with Crippen molar-refractivity contribution in [2.45, 2.75) is 11.0 Å². The van der Waals surface area contributed by atoms with Crippen molar-refractivity contribution in [1.29, 1.82) is 0 Å². The number of rotatable bonds is 9. The van der Waals surface area contributed by atoms with Crippen LogP contribution in [0.1, 0.15) is 10.4 Å². The normalized spacial score (nSPS) is 16.6. The molecule has 1 saturated heterocycles. The summed E-state index contributed by atoms with van der Waals surface area (Å²) in [5, 5.41) is 12.8. The summed E-state index contributed by atoms with van der Waals surface area (Å²) in [5.41, 5.74) is 0.122. The first kappa shape index (κ1) is 24.1. The molecule has 2 aliphatic heterocycles. The Kier molecular flexibility index (Phi) is 7.41. The lowest BCUT2D eigenvalue weighted by Gasteiger charge is -2.26. The lowest BCUT2D eigenvalue weighted by atomic mass is 10.2. The van der Waals surface area contributed by atoms with Crippen molar-refractivity contribution in [3.63, 3.8) is 0 Å². The van der Waals surface area contributed by atoms with E-state index in [2.05, 4.69) is 5.32 Å². The zero-order valence-corrected chi connectivity index (χ0v) is 19.4. The number of sulfonamides is 1. The summed E-state index contributed by atoms with van der Waals surface area (Å²) in [6.07, 6.45) is -0.996. The molecule has 0 saturated carbocycles. The lowest BCUT2D eigenvalue weighted by Crippen LogP contribution is -2.40. The second-order valence-electron chi connectivity index (χ2n) is 7.57. The molecule has 4 rings (SSSR count). The van der Waals surface area contributed by atoms with Gasteiger partial charge in [-0.1, -0.05) is 0 Å². The van der Waals surface area contributed by atoms with E-state index in [-0.39, 0.29) is 49.2 Å². The number of nitrogens with one attached hydrogen (secondary N) is 1. The number of methoxy groups -OCH3 is 1. The van der Waals surface area contributed by atoms with Crippen molar-refractivity contribution in [2.24, 2.45) is 0 Å². The Morgan fingerprint density at radius 2 is 1.91 bits per heavy atom. The first-order chi connectivity index (χ1) is 16.4. The highest BCUT2D eigenvalue weighted by atomic mass is 32.2. The Labute approximate surface area is 197 Å². The minimum absolute atomic E-state index is 0.0702. The van der Waals surface area contributed by atoms with Crippen LogP contribution in [0.4, 0.5) is 0 Å². The van der Waals surface area contributed by atoms with Crippen molar-refractivity contribution in [3.05, 3.63) is 42.0 Å². The van der Waals surface area contributed by atoms with Gasteiger partial charge in [-0.05, 0) is 30.3 Å². The average Bonchev–Trinajstić information content (AvgIpc) is 3.34. The third-order valence-electron chi connectivity index (χ3n) is 5.30. The molecule has 0 bridgehead atoms. The van der Waals surface area contributed by atoms with Gasteiger partial charge in [-0.25, -0.2) is 8.42 Å². The second-order valence-corrected chi connectivity index (χ2v) is 9.48. The number of fused-ring (bicyclic) bond motifs is 1. The number of aliphatic hydroxyl groups is 1. The van der Waals surface area contributed by atoms with Gasteiger partial charge in [0.2, 0.25) is 16.8 Å². The maximum Gasteiger partial charge on any atom is 0.251 e. The van der Waals surface area contributed by atoms with E-state index in [1.807, 2.05) is 0 Å². The monoisotopic (exact) mass is 494 g/mol. The fourth-order valence-electron chi connectivity index (χ4n) is 3.48. The van der Waals surface area contributed by atoms with Crippen LogP contribution in [0.2, 0.25) is 0 Å². The van der Waals surface area contributed by atoms with Gasteiger partial charge in [0.1, 0.15) is 29.1 Å². The summed E-state index contributed by atoms with van der Waals surface area (Å²) in [4.78, 5) is 12.5. The minimum Gasteiger partial charge on any atom is -0.495 e. The van der Waals surface area contributed by atoms with Crippen LogP contribution in [0.5, 0.6) is 23.0 Å². The summed E-state index contributed by atoms with van der Waals surface area (Å²) in [7, 11) is -2.51. The molecule has 1 unspecified atom stereocenters. The molecule has 2 aliphatic rings. The molecule has 1 atom stereocenters. The molecule has 184 valence electrons. The van der Waals surface area contributed by atoms with Crippen molar-refractivity contribution in [2.75, 3.05) is 53.4 Å². The predicted octanol–water partition coefficient (Wildman–Crippen LogP) is 0.615. The molecule has 0 aliphatic carbocycles. The molecule has 2 aromatic rings. The standard InChI is InChI=1S/C22H26N2O9S/c1-29-19-4-2-15(10-21(19)34(27,28)24-6-8-30-9-7-24)22(26)23-12-16(25)13-31-17-3-5-18-20(11-17)33-14-32-18/h2-5,10-11,16,25H,6-9,12-14H2,1H3,(H,23,26). The fraction of sp³-hybridized carbons (Fsp3) is 0.409. The number of hydrogen-bond acceptors (Lipinski definition) is 9. The maximum absolute atomic E-state index is 13.1. The van der Waals surface area contributed by atoms with Crippen LogP contribution in [-0.4, -0.2) is 83.2 Å². The Hall–Kier alpha value is -3.06. The fourth-order valence-corrected chi connectivity index (χ4v) is 5.07. The van der Waals surface area contributed by atoms with E-state index in [1.165, 1.54) is 29.6 Å². The van der Waals surface area contributed by atoms with Crippen LogP contribution in [0.3, 0.4) is 0 Å². The molecule has 1 amide bonds. The molecule has 0 radical (unpaired) electrons. The van der Waals surface area contributed by atoms with Gasteiger partial charge >= 0.3 is 0 Å². The molecule has 1 fully saturated rings. The third-order valence-corrected chi connectivity index (χ3v) is 7.22. The molecule has 0 spiro atoms. The molecule has 2 heterocycles. The van der Waals surface area contributed by atoms with Gasteiger partial charge in [-0.15, -0.1) is 0 Å². The first-order valence-electron chi connectivity index (χ1n) is 10.6.